The molecule has 74 valence electrons. The van der Waals surface area contributed by atoms with Crippen LogP contribution in [0.25, 0.3) is 0 Å². The number of oxime groups is 1. The molecule has 2 heteroatoms. The maximum Gasteiger partial charge on any atom is 0.130 e. The Hall–Kier alpha value is -1.31. The summed E-state index contributed by atoms with van der Waals surface area (Å²) in [7, 11) is 0. The molecule has 1 unspecified atom stereocenters. The predicted molar refractivity (Wildman–Crippen MR) is 57.6 cm³/mol. The lowest BCUT2D eigenvalue weighted by Gasteiger charge is -2.05. The molecule has 0 spiro atoms. The highest BCUT2D eigenvalue weighted by Crippen LogP contribution is 2.19. The van der Waals surface area contributed by atoms with Gasteiger partial charge in [-0.15, -0.1) is 0 Å². The van der Waals surface area contributed by atoms with Gasteiger partial charge in [-0.3, -0.25) is 0 Å². The van der Waals surface area contributed by atoms with Crippen LogP contribution in [0.15, 0.2) is 23.4 Å². The Kier molecular flexibility index (Phi) is 2.28. The second-order valence-corrected chi connectivity index (χ2v) is 3.98. The van der Waals surface area contributed by atoms with Gasteiger partial charge in [-0.05, 0) is 32.4 Å². The third-order valence-corrected chi connectivity index (χ3v) is 2.53. The Labute approximate surface area is 84.6 Å². The van der Waals surface area contributed by atoms with E-state index in [1.165, 1.54) is 16.7 Å². The molecule has 0 bridgehead atoms. The third kappa shape index (κ3) is 1.65. The number of benzene rings is 1. The van der Waals surface area contributed by atoms with Crippen molar-refractivity contribution in [2.24, 2.45) is 5.16 Å². The molecule has 0 aliphatic carbocycles. The molecule has 0 amide bonds. The largest absolute Gasteiger partial charge is 0.392 e. The topological polar surface area (TPSA) is 21.6 Å². The summed E-state index contributed by atoms with van der Waals surface area (Å²) < 4.78 is 0. The molecule has 0 fully saturated rings. The fraction of sp³-hybridized carbons (Fsp3) is 0.417. The van der Waals surface area contributed by atoms with Gasteiger partial charge in [0.1, 0.15) is 6.10 Å². The average molecular weight is 189 g/mol. The van der Waals surface area contributed by atoms with Crippen molar-refractivity contribution in [2.45, 2.75) is 33.3 Å². The van der Waals surface area contributed by atoms with Crippen molar-refractivity contribution in [1.29, 1.82) is 0 Å². The monoisotopic (exact) mass is 189 g/mol. The van der Waals surface area contributed by atoms with E-state index in [1.807, 2.05) is 6.92 Å². The summed E-state index contributed by atoms with van der Waals surface area (Å²) in [5, 5.41) is 4.11. The van der Waals surface area contributed by atoms with Crippen molar-refractivity contribution in [1.82, 2.24) is 0 Å². The molecule has 1 aliphatic heterocycles. The number of aryl methyl sites for hydroxylation is 2. The second kappa shape index (κ2) is 3.45. The van der Waals surface area contributed by atoms with Crippen molar-refractivity contribution in [3.8, 4) is 0 Å². The Bertz CT molecular complexity index is 382. The van der Waals surface area contributed by atoms with E-state index in [1.54, 1.807) is 0 Å². The van der Waals surface area contributed by atoms with E-state index in [9.17, 15) is 0 Å². The summed E-state index contributed by atoms with van der Waals surface area (Å²) in [5.41, 5.74) is 4.85. The standard InChI is InChI=1S/C12H15NO/c1-8-4-5-9(2)11(6-8)12-7-10(3)14-13-12/h4-6,10H,7H2,1-3H3. The van der Waals surface area contributed by atoms with Gasteiger partial charge in [0.2, 0.25) is 0 Å². The summed E-state index contributed by atoms with van der Waals surface area (Å²) in [4.78, 5) is 5.20. The van der Waals surface area contributed by atoms with Crippen LogP contribution in [-0.4, -0.2) is 11.8 Å². The zero-order valence-corrected chi connectivity index (χ0v) is 8.87. The summed E-state index contributed by atoms with van der Waals surface area (Å²) in [6.07, 6.45) is 1.15. The third-order valence-electron chi connectivity index (χ3n) is 2.53. The van der Waals surface area contributed by atoms with E-state index in [0.717, 1.165) is 12.1 Å². The van der Waals surface area contributed by atoms with Crippen LogP contribution in [0.3, 0.4) is 0 Å². The first kappa shape index (κ1) is 9.25. The van der Waals surface area contributed by atoms with E-state index in [0.29, 0.717) is 0 Å². The summed E-state index contributed by atoms with van der Waals surface area (Å²) in [6.45, 7) is 6.25. The second-order valence-electron chi connectivity index (χ2n) is 3.98. The Morgan fingerprint density at radius 1 is 1.36 bits per heavy atom. The van der Waals surface area contributed by atoms with Gasteiger partial charge in [0, 0.05) is 12.0 Å². The molecule has 1 aromatic carbocycles. The summed E-state index contributed by atoms with van der Waals surface area (Å²) >= 11 is 0. The quantitative estimate of drug-likeness (QED) is 0.665. The Morgan fingerprint density at radius 2 is 2.14 bits per heavy atom. The molecule has 2 nitrogen and oxygen atoms in total. The minimum atomic E-state index is 0.227. The van der Waals surface area contributed by atoms with Gasteiger partial charge in [-0.25, -0.2) is 0 Å². The molecule has 1 atom stereocenters. The highest BCUT2D eigenvalue weighted by atomic mass is 16.6. The maximum atomic E-state index is 5.20. The van der Waals surface area contributed by atoms with Crippen molar-refractivity contribution >= 4 is 5.71 Å². The van der Waals surface area contributed by atoms with E-state index in [2.05, 4.69) is 37.2 Å². The number of nitrogens with zero attached hydrogens (tertiary/aromatic N) is 1. The average Bonchev–Trinajstić information content (AvgIpc) is 2.56. The van der Waals surface area contributed by atoms with E-state index in [4.69, 9.17) is 4.84 Å². The van der Waals surface area contributed by atoms with Crippen molar-refractivity contribution in [3.63, 3.8) is 0 Å². The van der Waals surface area contributed by atoms with Gasteiger partial charge < -0.3 is 4.84 Å². The molecule has 0 saturated heterocycles. The molecule has 0 N–H and O–H groups in total. The highest BCUT2D eigenvalue weighted by molar-refractivity contribution is 6.02. The fourth-order valence-electron chi connectivity index (χ4n) is 1.71. The molecular formula is C12H15NO. The van der Waals surface area contributed by atoms with E-state index in [-0.39, 0.29) is 6.10 Å². The zero-order chi connectivity index (χ0) is 10.1. The zero-order valence-electron chi connectivity index (χ0n) is 8.87. The Morgan fingerprint density at radius 3 is 2.79 bits per heavy atom. The number of hydrogen-bond donors (Lipinski definition) is 0. The van der Waals surface area contributed by atoms with E-state index >= 15 is 0 Å². The molecular weight excluding hydrogens is 174 g/mol. The molecule has 0 radical (unpaired) electrons. The summed E-state index contributed by atoms with van der Waals surface area (Å²) in [5.74, 6) is 0. The minimum Gasteiger partial charge on any atom is -0.392 e. The number of hydrogen-bond acceptors (Lipinski definition) is 2. The minimum absolute atomic E-state index is 0.227. The Balaban J connectivity index is 2.36. The lowest BCUT2D eigenvalue weighted by atomic mass is 9.99. The highest BCUT2D eigenvalue weighted by Gasteiger charge is 2.18. The van der Waals surface area contributed by atoms with Gasteiger partial charge >= 0.3 is 0 Å². The first-order valence-electron chi connectivity index (χ1n) is 4.97. The molecule has 1 heterocycles. The van der Waals surface area contributed by atoms with Gasteiger partial charge in [-0.2, -0.15) is 0 Å². The van der Waals surface area contributed by atoms with Gasteiger partial charge in [-0.1, -0.05) is 22.9 Å². The lowest BCUT2D eigenvalue weighted by Crippen LogP contribution is -2.05. The van der Waals surface area contributed by atoms with Crippen LogP contribution in [0.2, 0.25) is 0 Å². The van der Waals surface area contributed by atoms with E-state index < -0.39 is 0 Å². The van der Waals surface area contributed by atoms with Crippen molar-refractivity contribution < 1.29 is 4.84 Å². The molecule has 14 heavy (non-hydrogen) atoms. The normalized spacial score (nSPS) is 20.5. The maximum absolute atomic E-state index is 5.20. The summed E-state index contributed by atoms with van der Waals surface area (Å²) in [6, 6.07) is 6.43. The molecule has 0 saturated carbocycles. The van der Waals surface area contributed by atoms with Crippen LogP contribution < -0.4 is 0 Å². The predicted octanol–water partition coefficient (Wildman–Crippen LogP) is 2.82. The molecule has 2 rings (SSSR count). The van der Waals surface area contributed by atoms with Crippen LogP contribution in [0, 0.1) is 13.8 Å². The van der Waals surface area contributed by atoms with Gasteiger partial charge in [0.25, 0.3) is 0 Å². The molecule has 1 aromatic rings. The SMILES string of the molecule is Cc1ccc(C)c(C2=NOC(C)C2)c1. The number of rotatable bonds is 1. The smallest absolute Gasteiger partial charge is 0.130 e. The van der Waals surface area contributed by atoms with Gasteiger partial charge in [0.15, 0.2) is 0 Å². The van der Waals surface area contributed by atoms with Crippen LogP contribution in [0.4, 0.5) is 0 Å². The lowest BCUT2D eigenvalue weighted by molar-refractivity contribution is 0.0995. The van der Waals surface area contributed by atoms with Gasteiger partial charge in [0.05, 0.1) is 5.71 Å². The molecule has 0 aromatic heterocycles. The van der Waals surface area contributed by atoms with Crippen LogP contribution in [-0.2, 0) is 4.84 Å². The first-order valence-corrected chi connectivity index (χ1v) is 4.97. The van der Waals surface area contributed by atoms with Crippen molar-refractivity contribution in [3.05, 3.63) is 34.9 Å². The van der Waals surface area contributed by atoms with Crippen LogP contribution >= 0.6 is 0 Å². The van der Waals surface area contributed by atoms with Crippen LogP contribution in [0.1, 0.15) is 30.0 Å². The fourth-order valence-corrected chi connectivity index (χ4v) is 1.71. The van der Waals surface area contributed by atoms with Crippen molar-refractivity contribution in [2.75, 3.05) is 0 Å². The first-order chi connectivity index (χ1) is 6.66. The van der Waals surface area contributed by atoms with Crippen LogP contribution in [0.5, 0.6) is 0 Å². The molecule has 1 aliphatic rings.